The number of anilines is 2. The number of nitrogens with zero attached hydrogens (tertiary/aromatic N) is 4. The van der Waals surface area contributed by atoms with E-state index in [0.29, 0.717) is 17.5 Å². The van der Waals surface area contributed by atoms with Gasteiger partial charge >= 0.3 is 0 Å². The lowest BCUT2D eigenvalue weighted by Gasteiger charge is -2.13. The van der Waals surface area contributed by atoms with Crippen LogP contribution in [-0.2, 0) is 26.4 Å². The average Bonchev–Trinajstić information content (AvgIpc) is 2.76. The molecule has 4 rings (SSSR count). The maximum absolute atomic E-state index is 6.38. The van der Waals surface area contributed by atoms with Crippen LogP contribution in [0.5, 0.6) is 0 Å². The van der Waals surface area contributed by atoms with Gasteiger partial charge in [0.1, 0.15) is 5.82 Å². The van der Waals surface area contributed by atoms with Gasteiger partial charge in [-0.05, 0) is 25.1 Å². The van der Waals surface area contributed by atoms with Crippen LogP contribution in [-0.4, -0.2) is 32.8 Å². The van der Waals surface area contributed by atoms with Crippen LogP contribution in [0.15, 0.2) is 18.2 Å². The van der Waals surface area contributed by atoms with E-state index in [4.69, 9.17) is 17.3 Å². The second-order valence-electron chi connectivity index (χ2n) is 6.16. The number of aryl methyl sites for hydroxylation is 1. The van der Waals surface area contributed by atoms with E-state index in [9.17, 15) is 0 Å². The van der Waals surface area contributed by atoms with Crippen molar-refractivity contribution in [3.05, 3.63) is 40.2 Å². The summed E-state index contributed by atoms with van der Waals surface area (Å²) in [6.07, 6.45) is 1.73. The fourth-order valence-electron chi connectivity index (χ4n) is 3.35. The van der Waals surface area contributed by atoms with Crippen molar-refractivity contribution in [2.24, 2.45) is 7.05 Å². The zero-order chi connectivity index (χ0) is 17.4. The van der Waals surface area contributed by atoms with E-state index in [1.54, 1.807) is 0 Å². The summed E-state index contributed by atoms with van der Waals surface area (Å²) in [6, 6.07) is 5.83. The second kappa shape index (κ2) is 6.50. The normalized spacial score (nSPS) is 14.3. The van der Waals surface area contributed by atoms with Gasteiger partial charge < -0.3 is 16.4 Å². The molecule has 0 radical (unpaired) electrons. The topological polar surface area (TPSA) is 93.7 Å². The minimum atomic E-state index is 0.298. The Hall–Kier alpha value is -2.38. The quantitative estimate of drug-likeness (QED) is 0.663. The van der Waals surface area contributed by atoms with Gasteiger partial charge in [0.25, 0.3) is 0 Å². The molecule has 3 aromatic rings. The summed E-state index contributed by atoms with van der Waals surface area (Å²) >= 11 is 6.38. The van der Waals surface area contributed by atoms with Crippen molar-refractivity contribution < 1.29 is 0 Å². The summed E-state index contributed by atoms with van der Waals surface area (Å²) in [4.78, 5) is 8.82. The van der Waals surface area contributed by atoms with Gasteiger partial charge in [-0.25, -0.2) is 4.98 Å². The van der Waals surface area contributed by atoms with Crippen LogP contribution in [0.2, 0.25) is 5.02 Å². The first-order valence-electron chi connectivity index (χ1n) is 8.33. The number of halogens is 1. The number of benzene rings is 1. The molecule has 0 unspecified atom stereocenters. The molecule has 0 bridgehead atoms. The fraction of sp³-hybridized carbons (Fsp3) is 0.353. The van der Waals surface area contributed by atoms with Gasteiger partial charge in [-0.1, -0.05) is 17.7 Å². The van der Waals surface area contributed by atoms with Crippen molar-refractivity contribution in [2.75, 3.05) is 24.1 Å². The number of aromatic nitrogens is 4. The van der Waals surface area contributed by atoms with Crippen LogP contribution in [0.25, 0.3) is 10.9 Å². The molecule has 2 aromatic heterocycles. The van der Waals surface area contributed by atoms with Crippen LogP contribution in [0.4, 0.5) is 11.8 Å². The number of nitrogens with one attached hydrogen (secondary N) is 2. The molecule has 0 aliphatic carbocycles. The number of rotatable bonds is 3. The molecule has 0 spiro atoms. The summed E-state index contributed by atoms with van der Waals surface area (Å²) in [5.74, 6) is 1.09. The molecule has 0 atom stereocenters. The van der Waals surface area contributed by atoms with Crippen LogP contribution in [0.3, 0.4) is 0 Å². The molecule has 7 nitrogen and oxygen atoms in total. The third-order valence-electron chi connectivity index (χ3n) is 4.52. The number of hydrogen-bond acceptors (Lipinski definition) is 6. The molecular weight excluding hydrogens is 338 g/mol. The minimum absolute atomic E-state index is 0.298. The highest BCUT2D eigenvalue weighted by Gasteiger charge is 2.17. The van der Waals surface area contributed by atoms with Crippen molar-refractivity contribution in [3.8, 4) is 0 Å². The van der Waals surface area contributed by atoms with Crippen LogP contribution in [0, 0.1) is 0 Å². The van der Waals surface area contributed by atoms with Crippen molar-refractivity contribution in [2.45, 2.75) is 19.4 Å². The number of nitrogens with two attached hydrogens (primary N) is 1. The monoisotopic (exact) mass is 357 g/mol. The van der Waals surface area contributed by atoms with Gasteiger partial charge in [0, 0.05) is 31.0 Å². The number of hydrogen-bond donors (Lipinski definition) is 3. The molecule has 130 valence electrons. The number of fused-ring (bicyclic) bond motifs is 2. The van der Waals surface area contributed by atoms with E-state index in [2.05, 4.69) is 25.7 Å². The number of nitrogen functional groups attached to an aromatic ring is 1. The highest BCUT2D eigenvalue weighted by Crippen LogP contribution is 2.27. The van der Waals surface area contributed by atoms with Gasteiger partial charge in [-0.15, -0.1) is 0 Å². The first-order chi connectivity index (χ1) is 12.1. The standard InChI is InChI=1S/C17H20ClN7/c1-25-14-4-2-3-11(18)15(14)13(24-25)9-21-16-10-5-7-20-8-6-12(10)22-17(19)23-16/h2-4,20H,5-9H2,1H3,(H3,19,21,22,23). The van der Waals surface area contributed by atoms with Crippen LogP contribution in [0.1, 0.15) is 17.0 Å². The van der Waals surface area contributed by atoms with Crippen molar-refractivity contribution in [1.29, 1.82) is 0 Å². The smallest absolute Gasteiger partial charge is 0.222 e. The lowest BCUT2D eigenvalue weighted by Crippen LogP contribution is -2.16. The highest BCUT2D eigenvalue weighted by atomic mass is 35.5. The highest BCUT2D eigenvalue weighted by molar-refractivity contribution is 6.35. The molecule has 8 heteroatoms. The molecule has 0 fully saturated rings. The zero-order valence-corrected chi connectivity index (χ0v) is 14.8. The molecule has 0 saturated carbocycles. The van der Waals surface area contributed by atoms with Gasteiger partial charge in [-0.3, -0.25) is 4.68 Å². The van der Waals surface area contributed by atoms with Crippen LogP contribution < -0.4 is 16.4 Å². The maximum atomic E-state index is 6.38. The molecule has 3 heterocycles. The SMILES string of the molecule is Cn1nc(CNc2nc(N)nc3c2CCNCC3)c2c(Cl)cccc21. The van der Waals surface area contributed by atoms with E-state index < -0.39 is 0 Å². The van der Waals surface area contributed by atoms with E-state index in [1.165, 1.54) is 0 Å². The van der Waals surface area contributed by atoms with E-state index in [1.807, 2.05) is 29.9 Å². The lowest BCUT2D eigenvalue weighted by atomic mass is 10.1. The zero-order valence-electron chi connectivity index (χ0n) is 14.0. The predicted molar refractivity (Wildman–Crippen MR) is 99.8 cm³/mol. The molecule has 0 amide bonds. The summed E-state index contributed by atoms with van der Waals surface area (Å²) < 4.78 is 1.84. The Labute approximate surface area is 150 Å². The van der Waals surface area contributed by atoms with Gasteiger partial charge in [0.2, 0.25) is 5.95 Å². The first-order valence-corrected chi connectivity index (χ1v) is 8.71. The second-order valence-corrected chi connectivity index (χ2v) is 6.57. The predicted octanol–water partition coefficient (Wildman–Crippen LogP) is 1.90. The molecule has 4 N–H and O–H groups in total. The molecule has 0 saturated heterocycles. The first kappa shape index (κ1) is 16.1. The van der Waals surface area contributed by atoms with Crippen LogP contribution >= 0.6 is 11.6 Å². The Bertz CT molecular complexity index is 934. The molecule has 1 aliphatic rings. The van der Waals surface area contributed by atoms with E-state index in [-0.39, 0.29) is 0 Å². The summed E-state index contributed by atoms with van der Waals surface area (Å²) in [5.41, 5.74) is 9.94. The van der Waals surface area contributed by atoms with E-state index in [0.717, 1.165) is 59.6 Å². The molecule has 1 aromatic carbocycles. The van der Waals surface area contributed by atoms with Crippen molar-refractivity contribution in [3.63, 3.8) is 0 Å². The third-order valence-corrected chi connectivity index (χ3v) is 4.84. The fourth-order valence-corrected chi connectivity index (χ4v) is 3.63. The van der Waals surface area contributed by atoms with Crippen molar-refractivity contribution >= 4 is 34.3 Å². The third kappa shape index (κ3) is 3.01. The lowest BCUT2D eigenvalue weighted by molar-refractivity contribution is 0.708. The van der Waals surface area contributed by atoms with E-state index >= 15 is 0 Å². The Morgan fingerprint density at radius 3 is 3.00 bits per heavy atom. The molecule has 25 heavy (non-hydrogen) atoms. The Kier molecular flexibility index (Phi) is 4.19. The molecule has 1 aliphatic heterocycles. The van der Waals surface area contributed by atoms with Gasteiger partial charge in [0.05, 0.1) is 28.5 Å². The Balaban J connectivity index is 1.68. The minimum Gasteiger partial charge on any atom is -0.368 e. The van der Waals surface area contributed by atoms with Gasteiger partial charge in [-0.2, -0.15) is 10.1 Å². The summed E-state index contributed by atoms with van der Waals surface area (Å²) in [7, 11) is 1.92. The van der Waals surface area contributed by atoms with Gasteiger partial charge in [0.15, 0.2) is 0 Å². The average molecular weight is 358 g/mol. The summed E-state index contributed by atoms with van der Waals surface area (Å²) in [6.45, 7) is 2.34. The largest absolute Gasteiger partial charge is 0.368 e. The molecular formula is C17H20ClN7. The summed E-state index contributed by atoms with van der Waals surface area (Å²) in [5, 5.41) is 13.0. The maximum Gasteiger partial charge on any atom is 0.222 e. The Morgan fingerprint density at radius 1 is 1.28 bits per heavy atom. The van der Waals surface area contributed by atoms with Crippen molar-refractivity contribution in [1.82, 2.24) is 25.1 Å². The Morgan fingerprint density at radius 2 is 2.12 bits per heavy atom.